The molecular weight excluding hydrogens is 224 g/mol. The number of nitrogens with zero attached hydrogens (tertiary/aromatic N) is 3. The van der Waals surface area contributed by atoms with Crippen molar-refractivity contribution in [2.75, 3.05) is 36.8 Å². The molecule has 0 aromatic heterocycles. The molecule has 2 N–H and O–H groups in total. The smallest absolute Gasteiger partial charge is 0.101 e. The number of fused-ring (bicyclic) bond motifs is 1. The van der Waals surface area contributed by atoms with Gasteiger partial charge in [-0.15, -0.1) is 0 Å². The summed E-state index contributed by atoms with van der Waals surface area (Å²) in [6.45, 7) is 4.51. The molecule has 0 aliphatic carbocycles. The summed E-state index contributed by atoms with van der Waals surface area (Å²) in [4.78, 5) is 4.96. The molecule has 0 amide bonds. The molecule has 0 spiro atoms. The zero-order valence-corrected chi connectivity index (χ0v) is 10.5. The van der Waals surface area contributed by atoms with Gasteiger partial charge in [0.05, 0.1) is 5.56 Å². The lowest BCUT2D eigenvalue weighted by Gasteiger charge is -2.38. The Hall–Kier alpha value is -1.73. The minimum atomic E-state index is 0.570. The highest BCUT2D eigenvalue weighted by atomic mass is 15.3. The van der Waals surface area contributed by atoms with Crippen LogP contribution < -0.4 is 10.6 Å². The third kappa shape index (κ3) is 1.91. The van der Waals surface area contributed by atoms with Crippen molar-refractivity contribution < 1.29 is 0 Å². The fraction of sp³-hybridized carbons (Fsp3) is 0.500. The van der Waals surface area contributed by atoms with E-state index in [1.54, 1.807) is 0 Å². The summed E-state index contributed by atoms with van der Waals surface area (Å²) in [5.41, 5.74) is 8.05. The minimum Gasteiger partial charge on any atom is -0.398 e. The van der Waals surface area contributed by atoms with Gasteiger partial charge < -0.3 is 10.6 Å². The molecular formula is C14H18N4. The quantitative estimate of drug-likeness (QED) is 0.757. The molecule has 1 aromatic carbocycles. The summed E-state index contributed by atoms with van der Waals surface area (Å²) < 4.78 is 0. The Bertz CT molecular complexity index is 491. The highest BCUT2D eigenvalue weighted by Gasteiger charge is 2.30. The van der Waals surface area contributed by atoms with E-state index >= 15 is 0 Å². The van der Waals surface area contributed by atoms with Crippen molar-refractivity contribution >= 4 is 11.4 Å². The van der Waals surface area contributed by atoms with E-state index in [1.165, 1.54) is 19.4 Å². The van der Waals surface area contributed by atoms with Crippen LogP contribution in [0.1, 0.15) is 18.4 Å². The van der Waals surface area contributed by atoms with E-state index in [1.807, 2.05) is 18.2 Å². The van der Waals surface area contributed by atoms with E-state index in [4.69, 9.17) is 11.0 Å². The number of piperazine rings is 1. The normalized spacial score (nSPS) is 23.7. The van der Waals surface area contributed by atoms with Gasteiger partial charge in [0.15, 0.2) is 0 Å². The Morgan fingerprint density at radius 2 is 2.17 bits per heavy atom. The Kier molecular flexibility index (Phi) is 2.85. The fourth-order valence-electron chi connectivity index (χ4n) is 3.06. The van der Waals surface area contributed by atoms with Crippen LogP contribution in [-0.2, 0) is 0 Å². The van der Waals surface area contributed by atoms with Crippen LogP contribution in [0.5, 0.6) is 0 Å². The summed E-state index contributed by atoms with van der Waals surface area (Å²) in [5, 5.41) is 9.03. The van der Waals surface area contributed by atoms with Crippen molar-refractivity contribution in [1.82, 2.24) is 4.90 Å². The highest BCUT2D eigenvalue weighted by molar-refractivity contribution is 5.63. The third-order valence-electron chi connectivity index (χ3n) is 4.11. The summed E-state index contributed by atoms with van der Waals surface area (Å²) >= 11 is 0. The number of benzene rings is 1. The maximum absolute atomic E-state index is 9.03. The second kappa shape index (κ2) is 4.51. The van der Waals surface area contributed by atoms with E-state index in [0.29, 0.717) is 17.3 Å². The van der Waals surface area contributed by atoms with Gasteiger partial charge in [0.1, 0.15) is 6.07 Å². The lowest BCUT2D eigenvalue weighted by molar-refractivity contribution is 0.231. The first kappa shape index (κ1) is 11.4. The lowest BCUT2D eigenvalue weighted by Crippen LogP contribution is -2.50. The topological polar surface area (TPSA) is 56.3 Å². The third-order valence-corrected chi connectivity index (χ3v) is 4.11. The molecule has 94 valence electrons. The first-order chi connectivity index (χ1) is 8.78. The van der Waals surface area contributed by atoms with Crippen LogP contribution in [0.15, 0.2) is 18.2 Å². The first-order valence-electron chi connectivity index (χ1n) is 6.56. The number of hydrogen-bond acceptors (Lipinski definition) is 4. The van der Waals surface area contributed by atoms with E-state index in [0.717, 1.165) is 25.3 Å². The van der Waals surface area contributed by atoms with Crippen molar-refractivity contribution in [3.63, 3.8) is 0 Å². The molecule has 1 unspecified atom stereocenters. The van der Waals surface area contributed by atoms with Crippen molar-refractivity contribution in [2.24, 2.45) is 0 Å². The number of hydrogen-bond donors (Lipinski definition) is 1. The van der Waals surface area contributed by atoms with Crippen LogP contribution in [0.3, 0.4) is 0 Å². The number of nitriles is 1. The second-order valence-electron chi connectivity index (χ2n) is 5.16. The summed E-state index contributed by atoms with van der Waals surface area (Å²) in [6.07, 6.45) is 2.63. The molecule has 1 aromatic rings. The fourth-order valence-corrected chi connectivity index (χ4v) is 3.06. The van der Waals surface area contributed by atoms with Crippen molar-refractivity contribution in [3.05, 3.63) is 23.8 Å². The Morgan fingerprint density at radius 1 is 1.28 bits per heavy atom. The molecule has 2 fully saturated rings. The molecule has 2 aliphatic rings. The first-order valence-corrected chi connectivity index (χ1v) is 6.56. The molecule has 18 heavy (non-hydrogen) atoms. The SMILES string of the molecule is N#Cc1cc(N2CCN3CCCC3C2)ccc1N. The number of nitrogens with two attached hydrogens (primary N) is 1. The van der Waals surface area contributed by atoms with Gasteiger partial charge in [-0.1, -0.05) is 0 Å². The van der Waals surface area contributed by atoms with Crippen LogP contribution in [-0.4, -0.2) is 37.1 Å². The Morgan fingerprint density at radius 3 is 3.00 bits per heavy atom. The van der Waals surface area contributed by atoms with Gasteiger partial charge in [-0.25, -0.2) is 0 Å². The lowest BCUT2D eigenvalue weighted by atomic mass is 10.1. The zero-order valence-electron chi connectivity index (χ0n) is 10.5. The van der Waals surface area contributed by atoms with Gasteiger partial charge in [-0.05, 0) is 37.6 Å². The summed E-state index contributed by atoms with van der Waals surface area (Å²) in [6, 6.07) is 8.64. The van der Waals surface area contributed by atoms with E-state index in [9.17, 15) is 0 Å². The molecule has 0 radical (unpaired) electrons. The largest absolute Gasteiger partial charge is 0.398 e. The standard InChI is InChI=1S/C14H18N4/c15-9-11-8-12(3-4-14(11)16)18-7-6-17-5-1-2-13(17)10-18/h3-4,8,13H,1-2,5-7,10,16H2. The van der Waals surface area contributed by atoms with E-state index in [2.05, 4.69) is 15.9 Å². The van der Waals surface area contributed by atoms with Gasteiger partial charge in [-0.3, -0.25) is 4.90 Å². The molecule has 2 aliphatic heterocycles. The molecule has 3 rings (SSSR count). The predicted molar refractivity (Wildman–Crippen MR) is 72.4 cm³/mol. The Labute approximate surface area is 108 Å². The number of rotatable bonds is 1. The number of nitrogen functional groups attached to an aromatic ring is 1. The molecule has 1 atom stereocenters. The van der Waals surface area contributed by atoms with Crippen LogP contribution in [0, 0.1) is 11.3 Å². The molecule has 0 bridgehead atoms. The molecule has 0 saturated carbocycles. The predicted octanol–water partition coefficient (Wildman–Crippen LogP) is 1.42. The van der Waals surface area contributed by atoms with Crippen LogP contribution in [0.4, 0.5) is 11.4 Å². The van der Waals surface area contributed by atoms with Crippen LogP contribution in [0.2, 0.25) is 0 Å². The Balaban J connectivity index is 1.81. The average Bonchev–Trinajstić information content (AvgIpc) is 2.86. The number of anilines is 2. The van der Waals surface area contributed by atoms with Gasteiger partial charge in [0, 0.05) is 37.1 Å². The molecule has 2 heterocycles. The van der Waals surface area contributed by atoms with E-state index < -0.39 is 0 Å². The molecule has 2 saturated heterocycles. The van der Waals surface area contributed by atoms with Gasteiger partial charge >= 0.3 is 0 Å². The minimum absolute atomic E-state index is 0.570. The van der Waals surface area contributed by atoms with E-state index in [-0.39, 0.29) is 0 Å². The molecule has 4 heteroatoms. The summed E-state index contributed by atoms with van der Waals surface area (Å²) in [5.74, 6) is 0. The average molecular weight is 242 g/mol. The van der Waals surface area contributed by atoms with Gasteiger partial charge in [0.2, 0.25) is 0 Å². The maximum Gasteiger partial charge on any atom is 0.101 e. The second-order valence-corrected chi connectivity index (χ2v) is 5.16. The monoisotopic (exact) mass is 242 g/mol. The van der Waals surface area contributed by atoms with Gasteiger partial charge in [0.25, 0.3) is 0 Å². The summed E-state index contributed by atoms with van der Waals surface area (Å²) in [7, 11) is 0. The van der Waals surface area contributed by atoms with Crippen LogP contribution >= 0.6 is 0 Å². The van der Waals surface area contributed by atoms with Crippen LogP contribution in [0.25, 0.3) is 0 Å². The molecule has 4 nitrogen and oxygen atoms in total. The van der Waals surface area contributed by atoms with Crippen molar-refractivity contribution in [2.45, 2.75) is 18.9 Å². The highest BCUT2D eigenvalue weighted by Crippen LogP contribution is 2.27. The van der Waals surface area contributed by atoms with Crippen molar-refractivity contribution in [3.8, 4) is 6.07 Å². The van der Waals surface area contributed by atoms with Crippen molar-refractivity contribution in [1.29, 1.82) is 5.26 Å². The maximum atomic E-state index is 9.03. The van der Waals surface area contributed by atoms with Gasteiger partial charge in [-0.2, -0.15) is 5.26 Å². The zero-order chi connectivity index (χ0) is 12.5.